The smallest absolute Gasteiger partial charge is 0.0946 e. The Morgan fingerprint density at radius 3 is 2.82 bits per heavy atom. The highest BCUT2D eigenvalue weighted by molar-refractivity contribution is 5.20. The van der Waals surface area contributed by atoms with Gasteiger partial charge in [-0.2, -0.15) is 5.10 Å². The fraction of sp³-hybridized carbons (Fsp3) is 0.500. The Bertz CT molecular complexity index is 471. The van der Waals surface area contributed by atoms with Crippen LogP contribution in [0.15, 0.2) is 24.8 Å². The SMILES string of the molecule is CCCn1nccc1C(NC)c1cncn1C. The van der Waals surface area contributed by atoms with E-state index in [1.807, 2.05) is 42.1 Å². The molecule has 2 aromatic heterocycles. The van der Waals surface area contributed by atoms with Crippen molar-refractivity contribution in [3.8, 4) is 0 Å². The van der Waals surface area contributed by atoms with Crippen LogP contribution in [0.5, 0.6) is 0 Å². The van der Waals surface area contributed by atoms with Gasteiger partial charge < -0.3 is 9.88 Å². The summed E-state index contributed by atoms with van der Waals surface area (Å²) in [5.74, 6) is 0. The van der Waals surface area contributed by atoms with E-state index in [0.717, 1.165) is 18.7 Å². The van der Waals surface area contributed by atoms with E-state index in [1.54, 1.807) is 0 Å². The van der Waals surface area contributed by atoms with Crippen LogP contribution in [-0.4, -0.2) is 26.4 Å². The standard InChI is InChI=1S/C12H19N5/c1-4-7-17-10(5-6-15-17)12(13-2)11-8-14-9-16(11)3/h5-6,8-9,12-13H,4,7H2,1-3H3. The van der Waals surface area contributed by atoms with E-state index in [4.69, 9.17) is 0 Å². The fourth-order valence-electron chi connectivity index (χ4n) is 2.08. The van der Waals surface area contributed by atoms with E-state index in [-0.39, 0.29) is 6.04 Å². The Hall–Kier alpha value is -1.62. The third kappa shape index (κ3) is 2.24. The first kappa shape index (κ1) is 11.9. The topological polar surface area (TPSA) is 47.7 Å². The van der Waals surface area contributed by atoms with Gasteiger partial charge in [0.05, 0.1) is 30.0 Å². The van der Waals surface area contributed by atoms with Gasteiger partial charge in [0.25, 0.3) is 0 Å². The van der Waals surface area contributed by atoms with Crippen LogP contribution in [0.2, 0.25) is 0 Å². The number of aromatic nitrogens is 4. The summed E-state index contributed by atoms with van der Waals surface area (Å²) in [5, 5.41) is 7.69. The van der Waals surface area contributed by atoms with Crippen molar-refractivity contribution in [1.82, 2.24) is 24.6 Å². The van der Waals surface area contributed by atoms with Gasteiger partial charge in [0, 0.05) is 19.8 Å². The van der Waals surface area contributed by atoms with E-state index in [0.29, 0.717) is 0 Å². The molecule has 0 aliphatic rings. The number of imidazole rings is 1. The van der Waals surface area contributed by atoms with Gasteiger partial charge in [-0.1, -0.05) is 6.92 Å². The zero-order valence-electron chi connectivity index (χ0n) is 10.6. The Balaban J connectivity index is 2.35. The molecule has 0 fully saturated rings. The Morgan fingerprint density at radius 1 is 1.41 bits per heavy atom. The van der Waals surface area contributed by atoms with Crippen molar-refractivity contribution in [1.29, 1.82) is 0 Å². The van der Waals surface area contributed by atoms with Gasteiger partial charge in [0.15, 0.2) is 0 Å². The van der Waals surface area contributed by atoms with Gasteiger partial charge in [-0.05, 0) is 19.5 Å². The lowest BCUT2D eigenvalue weighted by molar-refractivity contribution is 0.522. The number of hydrogen-bond donors (Lipinski definition) is 1. The van der Waals surface area contributed by atoms with Crippen molar-refractivity contribution in [2.75, 3.05) is 7.05 Å². The quantitative estimate of drug-likeness (QED) is 0.847. The van der Waals surface area contributed by atoms with E-state index in [1.165, 1.54) is 5.69 Å². The summed E-state index contributed by atoms with van der Waals surface area (Å²) in [5.41, 5.74) is 2.32. The molecule has 5 heteroatoms. The van der Waals surface area contributed by atoms with Crippen LogP contribution in [0, 0.1) is 0 Å². The predicted molar refractivity (Wildman–Crippen MR) is 66.6 cm³/mol. The summed E-state index contributed by atoms with van der Waals surface area (Å²) >= 11 is 0. The molecule has 2 aromatic rings. The highest BCUT2D eigenvalue weighted by Crippen LogP contribution is 2.20. The molecule has 0 aromatic carbocycles. The molecule has 92 valence electrons. The van der Waals surface area contributed by atoms with Crippen LogP contribution in [0.25, 0.3) is 0 Å². The molecule has 1 unspecified atom stereocenters. The van der Waals surface area contributed by atoms with E-state index < -0.39 is 0 Å². The first-order valence-electron chi connectivity index (χ1n) is 5.93. The highest BCUT2D eigenvalue weighted by Gasteiger charge is 2.18. The molecule has 1 atom stereocenters. The maximum absolute atomic E-state index is 4.36. The Kier molecular flexibility index (Phi) is 3.58. The van der Waals surface area contributed by atoms with E-state index in [9.17, 15) is 0 Å². The molecule has 2 heterocycles. The average molecular weight is 233 g/mol. The van der Waals surface area contributed by atoms with Crippen LogP contribution in [-0.2, 0) is 13.6 Å². The first-order chi connectivity index (χ1) is 8.27. The third-order valence-electron chi connectivity index (χ3n) is 2.92. The number of aryl methyl sites for hydroxylation is 2. The molecule has 2 rings (SSSR count). The van der Waals surface area contributed by atoms with Crippen LogP contribution < -0.4 is 5.32 Å². The molecule has 0 spiro atoms. The van der Waals surface area contributed by atoms with E-state index in [2.05, 4.69) is 28.4 Å². The molecule has 0 aliphatic heterocycles. The van der Waals surface area contributed by atoms with Crippen molar-refractivity contribution in [2.45, 2.75) is 25.9 Å². The van der Waals surface area contributed by atoms with Gasteiger partial charge in [-0.25, -0.2) is 4.98 Å². The lowest BCUT2D eigenvalue weighted by atomic mass is 10.1. The summed E-state index contributed by atoms with van der Waals surface area (Å²) in [4.78, 5) is 4.17. The summed E-state index contributed by atoms with van der Waals surface area (Å²) in [7, 11) is 3.97. The summed E-state index contributed by atoms with van der Waals surface area (Å²) in [6.07, 6.45) is 6.65. The van der Waals surface area contributed by atoms with Gasteiger partial charge in [-0.15, -0.1) is 0 Å². The van der Waals surface area contributed by atoms with Crippen molar-refractivity contribution in [3.05, 3.63) is 36.2 Å². The number of rotatable bonds is 5. The van der Waals surface area contributed by atoms with Crippen molar-refractivity contribution in [2.24, 2.45) is 7.05 Å². The molecule has 0 bridgehead atoms. The minimum Gasteiger partial charge on any atom is -0.336 e. The number of hydrogen-bond acceptors (Lipinski definition) is 3. The number of nitrogens with zero attached hydrogens (tertiary/aromatic N) is 4. The minimum atomic E-state index is 0.136. The lowest BCUT2D eigenvalue weighted by Gasteiger charge is -2.18. The molecular formula is C12H19N5. The van der Waals surface area contributed by atoms with Crippen LogP contribution in [0.4, 0.5) is 0 Å². The lowest BCUT2D eigenvalue weighted by Crippen LogP contribution is -2.23. The van der Waals surface area contributed by atoms with Crippen LogP contribution in [0.3, 0.4) is 0 Å². The monoisotopic (exact) mass is 233 g/mol. The second-order valence-corrected chi connectivity index (χ2v) is 4.13. The second-order valence-electron chi connectivity index (χ2n) is 4.13. The zero-order chi connectivity index (χ0) is 12.3. The average Bonchev–Trinajstić information content (AvgIpc) is 2.92. The maximum atomic E-state index is 4.36. The van der Waals surface area contributed by atoms with Gasteiger partial charge in [-0.3, -0.25) is 4.68 Å². The van der Waals surface area contributed by atoms with Crippen LogP contribution >= 0.6 is 0 Å². The molecule has 0 amide bonds. The number of nitrogens with one attached hydrogen (secondary N) is 1. The fourth-order valence-corrected chi connectivity index (χ4v) is 2.08. The van der Waals surface area contributed by atoms with Gasteiger partial charge >= 0.3 is 0 Å². The molecule has 1 N–H and O–H groups in total. The third-order valence-corrected chi connectivity index (χ3v) is 2.92. The Morgan fingerprint density at radius 2 is 2.24 bits per heavy atom. The largest absolute Gasteiger partial charge is 0.336 e. The Labute approximate surface area is 101 Å². The van der Waals surface area contributed by atoms with Crippen molar-refractivity contribution in [3.63, 3.8) is 0 Å². The summed E-state index contributed by atoms with van der Waals surface area (Å²) in [6.45, 7) is 3.10. The first-order valence-corrected chi connectivity index (χ1v) is 5.93. The normalized spacial score (nSPS) is 12.9. The van der Waals surface area contributed by atoms with Crippen molar-refractivity contribution < 1.29 is 0 Å². The summed E-state index contributed by atoms with van der Waals surface area (Å²) in [6, 6.07) is 2.20. The molecular weight excluding hydrogens is 214 g/mol. The highest BCUT2D eigenvalue weighted by atomic mass is 15.3. The van der Waals surface area contributed by atoms with E-state index >= 15 is 0 Å². The molecule has 0 saturated carbocycles. The zero-order valence-corrected chi connectivity index (χ0v) is 10.6. The predicted octanol–water partition coefficient (Wildman–Crippen LogP) is 1.34. The molecule has 0 aliphatic carbocycles. The second kappa shape index (κ2) is 5.14. The maximum Gasteiger partial charge on any atom is 0.0946 e. The summed E-state index contributed by atoms with van der Waals surface area (Å²) < 4.78 is 4.08. The molecule has 5 nitrogen and oxygen atoms in total. The van der Waals surface area contributed by atoms with Gasteiger partial charge in [0.2, 0.25) is 0 Å². The van der Waals surface area contributed by atoms with Crippen LogP contribution in [0.1, 0.15) is 30.8 Å². The molecule has 0 radical (unpaired) electrons. The van der Waals surface area contributed by atoms with Crippen molar-refractivity contribution >= 4 is 0 Å². The molecule has 17 heavy (non-hydrogen) atoms. The molecule has 0 saturated heterocycles. The minimum absolute atomic E-state index is 0.136. The van der Waals surface area contributed by atoms with Gasteiger partial charge in [0.1, 0.15) is 0 Å².